The number of benzene rings is 1. The van der Waals surface area contributed by atoms with E-state index in [-0.39, 0.29) is 0 Å². The first kappa shape index (κ1) is 12.3. The van der Waals surface area contributed by atoms with E-state index in [4.69, 9.17) is 0 Å². The SMILES string of the molecule is c1ccc2c(CNCCc3cscn3)cncc2c1. The predicted molar refractivity (Wildman–Crippen MR) is 79.3 cm³/mol. The van der Waals surface area contributed by atoms with Gasteiger partial charge in [-0.3, -0.25) is 4.98 Å². The highest BCUT2D eigenvalue weighted by Crippen LogP contribution is 2.16. The van der Waals surface area contributed by atoms with E-state index in [9.17, 15) is 0 Å². The number of fused-ring (bicyclic) bond motifs is 1. The van der Waals surface area contributed by atoms with Gasteiger partial charge >= 0.3 is 0 Å². The second kappa shape index (κ2) is 5.91. The second-order valence-corrected chi connectivity index (χ2v) is 5.15. The van der Waals surface area contributed by atoms with Gasteiger partial charge in [-0.25, -0.2) is 4.98 Å². The molecule has 0 atom stereocenters. The van der Waals surface area contributed by atoms with E-state index in [1.807, 2.05) is 24.0 Å². The first-order valence-corrected chi connectivity index (χ1v) is 7.27. The van der Waals surface area contributed by atoms with Crippen molar-refractivity contribution in [3.8, 4) is 0 Å². The van der Waals surface area contributed by atoms with Gasteiger partial charge in [0.1, 0.15) is 0 Å². The van der Waals surface area contributed by atoms with Crippen molar-refractivity contribution in [3.05, 3.63) is 58.8 Å². The Bertz CT molecular complexity index is 644. The molecule has 19 heavy (non-hydrogen) atoms. The molecule has 3 aromatic rings. The summed E-state index contributed by atoms with van der Waals surface area (Å²) >= 11 is 1.65. The predicted octanol–water partition coefficient (Wildman–Crippen LogP) is 3.02. The van der Waals surface area contributed by atoms with Gasteiger partial charge in [0.2, 0.25) is 0 Å². The van der Waals surface area contributed by atoms with Crippen LogP contribution in [0.25, 0.3) is 10.8 Å². The van der Waals surface area contributed by atoms with Gasteiger partial charge in [-0.05, 0) is 10.9 Å². The third-order valence-corrected chi connectivity index (χ3v) is 3.74. The number of pyridine rings is 1. The molecule has 0 aliphatic rings. The highest BCUT2D eigenvalue weighted by molar-refractivity contribution is 7.07. The average Bonchev–Trinajstić information content (AvgIpc) is 2.97. The van der Waals surface area contributed by atoms with Crippen LogP contribution >= 0.6 is 11.3 Å². The number of nitrogens with zero attached hydrogens (tertiary/aromatic N) is 2. The Morgan fingerprint density at radius 3 is 3.00 bits per heavy atom. The molecule has 0 bridgehead atoms. The fourth-order valence-corrected chi connectivity index (χ4v) is 2.71. The second-order valence-electron chi connectivity index (χ2n) is 4.43. The van der Waals surface area contributed by atoms with Gasteiger partial charge in [-0.2, -0.15) is 0 Å². The zero-order valence-corrected chi connectivity index (χ0v) is 11.4. The third kappa shape index (κ3) is 2.97. The molecule has 0 aliphatic carbocycles. The lowest BCUT2D eigenvalue weighted by atomic mass is 10.1. The van der Waals surface area contributed by atoms with Gasteiger partial charge in [-0.15, -0.1) is 11.3 Å². The van der Waals surface area contributed by atoms with Crippen molar-refractivity contribution in [1.82, 2.24) is 15.3 Å². The maximum absolute atomic E-state index is 4.29. The Labute approximate surface area is 116 Å². The van der Waals surface area contributed by atoms with E-state index >= 15 is 0 Å². The molecule has 0 unspecified atom stereocenters. The van der Waals surface area contributed by atoms with Gasteiger partial charge in [0.15, 0.2) is 0 Å². The number of thiazole rings is 1. The topological polar surface area (TPSA) is 37.8 Å². The summed E-state index contributed by atoms with van der Waals surface area (Å²) in [7, 11) is 0. The molecule has 0 saturated carbocycles. The van der Waals surface area contributed by atoms with Crippen LogP contribution in [-0.2, 0) is 13.0 Å². The molecule has 96 valence electrons. The number of aromatic nitrogens is 2. The van der Waals surface area contributed by atoms with Crippen LogP contribution in [0.15, 0.2) is 47.5 Å². The Kier molecular flexibility index (Phi) is 3.81. The lowest BCUT2D eigenvalue weighted by Gasteiger charge is -2.07. The highest BCUT2D eigenvalue weighted by atomic mass is 32.1. The summed E-state index contributed by atoms with van der Waals surface area (Å²) < 4.78 is 0. The van der Waals surface area contributed by atoms with Crippen LogP contribution in [0.4, 0.5) is 0 Å². The number of rotatable bonds is 5. The van der Waals surface area contributed by atoms with Crippen molar-refractivity contribution in [1.29, 1.82) is 0 Å². The van der Waals surface area contributed by atoms with E-state index in [0.29, 0.717) is 0 Å². The lowest BCUT2D eigenvalue weighted by molar-refractivity contribution is 0.683. The first-order valence-electron chi connectivity index (χ1n) is 6.33. The van der Waals surface area contributed by atoms with Gasteiger partial charge in [0.25, 0.3) is 0 Å². The van der Waals surface area contributed by atoms with Crippen LogP contribution in [0.3, 0.4) is 0 Å². The molecule has 0 saturated heterocycles. The van der Waals surface area contributed by atoms with Gasteiger partial charge in [-0.1, -0.05) is 24.3 Å². The molecular weight excluding hydrogens is 254 g/mol. The molecule has 2 heterocycles. The molecule has 0 radical (unpaired) electrons. The number of hydrogen-bond donors (Lipinski definition) is 1. The van der Waals surface area contributed by atoms with Crippen molar-refractivity contribution in [2.75, 3.05) is 6.54 Å². The summed E-state index contributed by atoms with van der Waals surface area (Å²) in [6.07, 6.45) is 4.83. The molecule has 1 N–H and O–H groups in total. The van der Waals surface area contributed by atoms with Crippen LogP contribution in [0, 0.1) is 0 Å². The fourth-order valence-electron chi connectivity index (χ4n) is 2.12. The highest BCUT2D eigenvalue weighted by Gasteiger charge is 2.01. The van der Waals surface area contributed by atoms with Crippen molar-refractivity contribution >= 4 is 22.1 Å². The minimum absolute atomic E-state index is 0.846. The summed E-state index contributed by atoms with van der Waals surface area (Å²) in [5, 5.41) is 8.03. The normalized spacial score (nSPS) is 10.9. The van der Waals surface area contributed by atoms with E-state index in [1.54, 1.807) is 11.3 Å². The van der Waals surface area contributed by atoms with Crippen molar-refractivity contribution in [3.63, 3.8) is 0 Å². The zero-order chi connectivity index (χ0) is 12.9. The van der Waals surface area contributed by atoms with Crippen LogP contribution < -0.4 is 5.32 Å². The van der Waals surface area contributed by atoms with Crippen molar-refractivity contribution in [2.24, 2.45) is 0 Å². The summed E-state index contributed by atoms with van der Waals surface area (Å²) in [6.45, 7) is 1.78. The van der Waals surface area contributed by atoms with Crippen LogP contribution in [0.1, 0.15) is 11.3 Å². The van der Waals surface area contributed by atoms with Crippen molar-refractivity contribution in [2.45, 2.75) is 13.0 Å². The van der Waals surface area contributed by atoms with E-state index in [1.165, 1.54) is 16.3 Å². The number of nitrogens with one attached hydrogen (secondary N) is 1. The van der Waals surface area contributed by atoms with Crippen molar-refractivity contribution < 1.29 is 0 Å². The Morgan fingerprint density at radius 1 is 1.16 bits per heavy atom. The molecule has 0 amide bonds. The fraction of sp³-hybridized carbons (Fsp3) is 0.200. The van der Waals surface area contributed by atoms with Gasteiger partial charge in [0, 0.05) is 42.7 Å². The van der Waals surface area contributed by atoms with Crippen LogP contribution in [0.5, 0.6) is 0 Å². The summed E-state index contributed by atoms with van der Waals surface area (Å²) in [5.41, 5.74) is 4.29. The van der Waals surface area contributed by atoms with E-state index < -0.39 is 0 Å². The standard InChI is InChI=1S/C15H15N3S/c1-2-4-15-12(3-1)7-17-9-13(15)8-16-6-5-14-10-19-11-18-14/h1-4,7,9-11,16H,5-6,8H2. The molecule has 0 spiro atoms. The Hall–Kier alpha value is -1.78. The molecular formula is C15H15N3S. The van der Waals surface area contributed by atoms with Crippen LogP contribution in [-0.4, -0.2) is 16.5 Å². The quantitative estimate of drug-likeness (QED) is 0.723. The summed E-state index contributed by atoms with van der Waals surface area (Å²) in [4.78, 5) is 8.57. The van der Waals surface area contributed by atoms with Gasteiger partial charge in [0.05, 0.1) is 11.2 Å². The van der Waals surface area contributed by atoms with E-state index in [0.717, 1.165) is 25.2 Å². The monoisotopic (exact) mass is 269 g/mol. The average molecular weight is 269 g/mol. The minimum Gasteiger partial charge on any atom is -0.312 e. The van der Waals surface area contributed by atoms with Crippen LogP contribution in [0.2, 0.25) is 0 Å². The maximum Gasteiger partial charge on any atom is 0.0794 e. The molecule has 2 aromatic heterocycles. The molecule has 0 fully saturated rings. The molecule has 3 nitrogen and oxygen atoms in total. The minimum atomic E-state index is 0.846. The lowest BCUT2D eigenvalue weighted by Crippen LogP contribution is -2.17. The Balaban J connectivity index is 1.62. The number of hydrogen-bond acceptors (Lipinski definition) is 4. The third-order valence-electron chi connectivity index (χ3n) is 3.11. The Morgan fingerprint density at radius 2 is 2.11 bits per heavy atom. The molecule has 3 rings (SSSR count). The molecule has 4 heteroatoms. The molecule has 1 aromatic carbocycles. The zero-order valence-electron chi connectivity index (χ0n) is 10.5. The maximum atomic E-state index is 4.29. The molecule has 0 aliphatic heterocycles. The smallest absolute Gasteiger partial charge is 0.0794 e. The van der Waals surface area contributed by atoms with Gasteiger partial charge < -0.3 is 5.32 Å². The largest absolute Gasteiger partial charge is 0.312 e. The first-order chi connectivity index (χ1) is 9.43. The summed E-state index contributed by atoms with van der Waals surface area (Å²) in [5.74, 6) is 0. The summed E-state index contributed by atoms with van der Waals surface area (Å²) in [6, 6.07) is 8.36. The van der Waals surface area contributed by atoms with E-state index in [2.05, 4.69) is 38.9 Å².